The first-order valence-electron chi connectivity index (χ1n) is 5.91. The molecule has 1 rings (SSSR count). The standard InChI is InChI=1S/C13H18FN3O2S/c1-3-6-16-13(15)17-8-11-7-12(14)5-4-10(11)9-20(2,18)19/h3-5,7H,1,6,8-9H2,2H3,(H3,15,16,17). The predicted molar refractivity (Wildman–Crippen MR) is 78.5 cm³/mol. The van der Waals surface area contributed by atoms with E-state index in [1.54, 1.807) is 6.08 Å². The minimum absolute atomic E-state index is 0.110. The number of sulfone groups is 1. The van der Waals surface area contributed by atoms with Crippen molar-refractivity contribution in [3.05, 3.63) is 47.8 Å². The molecule has 0 aliphatic carbocycles. The van der Waals surface area contributed by atoms with Crippen LogP contribution < -0.4 is 11.1 Å². The maximum atomic E-state index is 13.2. The highest BCUT2D eigenvalue weighted by Crippen LogP contribution is 2.15. The molecule has 0 radical (unpaired) electrons. The van der Waals surface area contributed by atoms with E-state index in [4.69, 9.17) is 5.73 Å². The van der Waals surface area contributed by atoms with Gasteiger partial charge in [-0.3, -0.25) is 0 Å². The lowest BCUT2D eigenvalue weighted by Gasteiger charge is -2.08. The molecule has 7 heteroatoms. The number of aliphatic imine (C=N–C) groups is 1. The van der Waals surface area contributed by atoms with Gasteiger partial charge >= 0.3 is 0 Å². The SMILES string of the molecule is C=CCNC(N)=NCc1cc(F)ccc1CS(C)(=O)=O. The summed E-state index contributed by atoms with van der Waals surface area (Å²) in [6.07, 6.45) is 2.75. The van der Waals surface area contributed by atoms with E-state index in [2.05, 4.69) is 16.9 Å². The second kappa shape index (κ2) is 7.04. The van der Waals surface area contributed by atoms with E-state index >= 15 is 0 Å². The number of rotatable bonds is 6. The zero-order chi connectivity index (χ0) is 15.2. The molecule has 0 heterocycles. The third kappa shape index (κ3) is 5.83. The molecule has 0 fully saturated rings. The van der Waals surface area contributed by atoms with Gasteiger partial charge in [0.25, 0.3) is 0 Å². The van der Waals surface area contributed by atoms with Gasteiger partial charge in [-0.25, -0.2) is 17.8 Å². The first-order valence-corrected chi connectivity index (χ1v) is 7.97. The molecule has 0 aromatic heterocycles. The highest BCUT2D eigenvalue weighted by molar-refractivity contribution is 7.89. The van der Waals surface area contributed by atoms with Crippen LogP contribution >= 0.6 is 0 Å². The van der Waals surface area contributed by atoms with E-state index in [9.17, 15) is 12.8 Å². The molecule has 20 heavy (non-hydrogen) atoms. The van der Waals surface area contributed by atoms with Gasteiger partial charge in [-0.05, 0) is 23.3 Å². The lowest BCUT2D eigenvalue weighted by atomic mass is 10.1. The summed E-state index contributed by atoms with van der Waals surface area (Å²) in [6, 6.07) is 3.95. The molecule has 110 valence electrons. The van der Waals surface area contributed by atoms with Crippen LogP contribution in [-0.2, 0) is 22.1 Å². The van der Waals surface area contributed by atoms with Gasteiger partial charge in [0.1, 0.15) is 5.82 Å². The summed E-state index contributed by atoms with van der Waals surface area (Å²) in [6.45, 7) is 4.10. The number of nitrogens with zero attached hydrogens (tertiary/aromatic N) is 1. The van der Waals surface area contributed by atoms with Crippen LogP contribution in [0.15, 0.2) is 35.8 Å². The quantitative estimate of drug-likeness (QED) is 0.465. The van der Waals surface area contributed by atoms with Crippen molar-refractivity contribution in [3.8, 4) is 0 Å². The molecular weight excluding hydrogens is 281 g/mol. The number of hydrogen-bond acceptors (Lipinski definition) is 3. The minimum Gasteiger partial charge on any atom is -0.370 e. The Hall–Kier alpha value is -1.89. The van der Waals surface area contributed by atoms with Crippen molar-refractivity contribution in [1.82, 2.24) is 5.32 Å². The second-order valence-electron chi connectivity index (χ2n) is 4.35. The van der Waals surface area contributed by atoms with Crippen molar-refractivity contribution in [2.45, 2.75) is 12.3 Å². The first kappa shape index (κ1) is 16.2. The highest BCUT2D eigenvalue weighted by Gasteiger charge is 2.10. The number of guanidine groups is 1. The van der Waals surface area contributed by atoms with Gasteiger partial charge in [-0.15, -0.1) is 6.58 Å². The molecule has 0 unspecified atom stereocenters. The molecule has 0 aliphatic rings. The number of hydrogen-bond donors (Lipinski definition) is 2. The van der Waals surface area contributed by atoms with Crippen LogP contribution in [0.1, 0.15) is 11.1 Å². The third-order valence-electron chi connectivity index (χ3n) is 2.43. The van der Waals surface area contributed by atoms with Crippen LogP contribution in [0.4, 0.5) is 4.39 Å². The van der Waals surface area contributed by atoms with E-state index in [-0.39, 0.29) is 18.3 Å². The lowest BCUT2D eigenvalue weighted by Crippen LogP contribution is -2.31. The van der Waals surface area contributed by atoms with Crippen molar-refractivity contribution in [1.29, 1.82) is 0 Å². The zero-order valence-electron chi connectivity index (χ0n) is 11.3. The van der Waals surface area contributed by atoms with Gasteiger partial charge in [0, 0.05) is 12.8 Å². The van der Waals surface area contributed by atoms with Crippen molar-refractivity contribution >= 4 is 15.8 Å². The lowest BCUT2D eigenvalue weighted by molar-refractivity contribution is 0.600. The molecule has 0 bridgehead atoms. The van der Waals surface area contributed by atoms with E-state index in [1.807, 2.05) is 0 Å². The predicted octanol–water partition coefficient (Wildman–Crippen LogP) is 0.961. The Morgan fingerprint density at radius 1 is 1.50 bits per heavy atom. The maximum absolute atomic E-state index is 13.2. The first-order chi connectivity index (χ1) is 9.31. The summed E-state index contributed by atoms with van der Waals surface area (Å²) in [4.78, 5) is 4.04. The monoisotopic (exact) mass is 299 g/mol. The topological polar surface area (TPSA) is 84.5 Å². The fourth-order valence-electron chi connectivity index (χ4n) is 1.57. The second-order valence-corrected chi connectivity index (χ2v) is 6.49. The molecule has 1 aromatic rings. The van der Waals surface area contributed by atoms with Crippen LogP contribution in [0.5, 0.6) is 0 Å². The van der Waals surface area contributed by atoms with Crippen molar-refractivity contribution in [2.24, 2.45) is 10.7 Å². The molecule has 0 saturated heterocycles. The molecule has 5 nitrogen and oxygen atoms in total. The third-order valence-corrected chi connectivity index (χ3v) is 3.27. The van der Waals surface area contributed by atoms with Crippen molar-refractivity contribution < 1.29 is 12.8 Å². The van der Waals surface area contributed by atoms with Gasteiger partial charge in [-0.1, -0.05) is 12.1 Å². The zero-order valence-corrected chi connectivity index (χ0v) is 12.1. The van der Waals surface area contributed by atoms with Crippen LogP contribution in [0, 0.1) is 5.82 Å². The van der Waals surface area contributed by atoms with E-state index < -0.39 is 15.7 Å². The van der Waals surface area contributed by atoms with Crippen LogP contribution in [0.3, 0.4) is 0 Å². The minimum atomic E-state index is -3.20. The van der Waals surface area contributed by atoms with E-state index in [0.29, 0.717) is 17.7 Å². The van der Waals surface area contributed by atoms with Crippen LogP contribution in [0.2, 0.25) is 0 Å². The van der Waals surface area contributed by atoms with Crippen LogP contribution in [-0.4, -0.2) is 27.2 Å². The van der Waals surface area contributed by atoms with Gasteiger partial charge < -0.3 is 11.1 Å². The number of benzene rings is 1. The molecule has 0 amide bonds. The van der Waals surface area contributed by atoms with E-state index in [0.717, 1.165) is 6.26 Å². The average Bonchev–Trinajstić information content (AvgIpc) is 2.35. The molecule has 0 spiro atoms. The largest absolute Gasteiger partial charge is 0.370 e. The Morgan fingerprint density at radius 3 is 2.80 bits per heavy atom. The number of halogens is 1. The van der Waals surface area contributed by atoms with Gasteiger partial charge in [0.05, 0.1) is 12.3 Å². The van der Waals surface area contributed by atoms with Gasteiger partial charge in [0.2, 0.25) is 0 Å². The highest BCUT2D eigenvalue weighted by atomic mass is 32.2. The summed E-state index contributed by atoms with van der Waals surface area (Å²) in [5, 5.41) is 2.78. The normalized spacial score (nSPS) is 12.2. The molecule has 3 N–H and O–H groups in total. The molecule has 0 aliphatic heterocycles. The smallest absolute Gasteiger partial charge is 0.189 e. The fraction of sp³-hybridized carbons (Fsp3) is 0.308. The van der Waals surface area contributed by atoms with Crippen molar-refractivity contribution in [2.75, 3.05) is 12.8 Å². The Labute approximate surface area is 118 Å². The number of nitrogens with two attached hydrogens (primary N) is 1. The summed E-state index contributed by atoms with van der Waals surface area (Å²) in [5.41, 5.74) is 6.62. The Balaban J connectivity index is 2.92. The molecular formula is C13H18FN3O2S. The van der Waals surface area contributed by atoms with Gasteiger partial charge in [0.15, 0.2) is 15.8 Å². The average molecular weight is 299 g/mol. The van der Waals surface area contributed by atoms with Crippen molar-refractivity contribution in [3.63, 3.8) is 0 Å². The molecule has 0 atom stereocenters. The number of nitrogens with one attached hydrogen (secondary N) is 1. The summed E-state index contributed by atoms with van der Waals surface area (Å²) < 4.78 is 35.9. The molecule has 1 aromatic carbocycles. The summed E-state index contributed by atoms with van der Waals surface area (Å²) in [7, 11) is -3.20. The van der Waals surface area contributed by atoms with E-state index in [1.165, 1.54) is 18.2 Å². The Bertz CT molecular complexity index is 612. The van der Waals surface area contributed by atoms with Crippen LogP contribution in [0.25, 0.3) is 0 Å². The summed E-state index contributed by atoms with van der Waals surface area (Å²) in [5.74, 6) is -0.400. The Morgan fingerprint density at radius 2 is 2.20 bits per heavy atom. The Kier molecular flexibility index (Phi) is 5.69. The van der Waals surface area contributed by atoms with Gasteiger partial charge in [-0.2, -0.15) is 0 Å². The molecule has 0 saturated carbocycles. The maximum Gasteiger partial charge on any atom is 0.189 e. The fourth-order valence-corrected chi connectivity index (χ4v) is 2.41. The summed E-state index contributed by atoms with van der Waals surface area (Å²) >= 11 is 0.